The Balaban J connectivity index is 1.52. The van der Waals surface area contributed by atoms with Crippen molar-refractivity contribution >= 4 is 27.6 Å². The maximum absolute atomic E-state index is 4.91. The van der Waals surface area contributed by atoms with Crippen LogP contribution in [-0.2, 0) is 19.9 Å². The van der Waals surface area contributed by atoms with Gasteiger partial charge in [0.05, 0.1) is 16.6 Å². The first-order valence-electron chi connectivity index (χ1n) is 9.13. The Labute approximate surface area is 156 Å². The predicted molar refractivity (Wildman–Crippen MR) is 106 cm³/mol. The third-order valence-corrected chi connectivity index (χ3v) is 5.21. The molecule has 5 aromatic rings. The standard InChI is InChI=1S/C21H20N6/c1-13-6-7-14(2)27-21(13)23-18(25-27)10-11-19-24-20-15-5-4-12-22-16(15)8-9-17(20)26(19)3/h4-9,12H,10-11H2,1-3H3. The number of nitrogens with zero attached hydrogens (tertiary/aromatic N) is 6. The molecule has 4 aromatic heterocycles. The Morgan fingerprint density at radius 1 is 0.963 bits per heavy atom. The van der Waals surface area contributed by atoms with E-state index < -0.39 is 0 Å². The molecule has 1 aromatic carbocycles. The lowest BCUT2D eigenvalue weighted by molar-refractivity contribution is 0.753. The van der Waals surface area contributed by atoms with E-state index in [1.54, 1.807) is 0 Å². The summed E-state index contributed by atoms with van der Waals surface area (Å²) in [5.74, 6) is 1.89. The van der Waals surface area contributed by atoms with Crippen LogP contribution in [0.25, 0.3) is 27.6 Å². The molecule has 0 amide bonds. The Bertz CT molecular complexity index is 1270. The summed E-state index contributed by atoms with van der Waals surface area (Å²) in [6.07, 6.45) is 3.37. The average Bonchev–Trinajstić information content (AvgIpc) is 3.26. The van der Waals surface area contributed by atoms with Crippen molar-refractivity contribution in [2.75, 3.05) is 0 Å². The number of hydrogen-bond donors (Lipinski definition) is 0. The number of hydrogen-bond acceptors (Lipinski definition) is 4. The number of aromatic nitrogens is 6. The minimum atomic E-state index is 0.758. The molecular formula is C21H20N6. The predicted octanol–water partition coefficient (Wildman–Crippen LogP) is 3.57. The fraction of sp³-hybridized carbons (Fsp3) is 0.238. The Kier molecular flexibility index (Phi) is 3.47. The van der Waals surface area contributed by atoms with Crippen LogP contribution in [0.3, 0.4) is 0 Å². The van der Waals surface area contributed by atoms with Gasteiger partial charge in [-0.2, -0.15) is 5.10 Å². The second-order valence-corrected chi connectivity index (χ2v) is 7.01. The molecule has 0 N–H and O–H groups in total. The highest BCUT2D eigenvalue weighted by molar-refractivity contribution is 6.02. The van der Waals surface area contributed by atoms with Gasteiger partial charge in [-0.15, -0.1) is 0 Å². The van der Waals surface area contributed by atoms with E-state index in [2.05, 4.69) is 65.9 Å². The van der Waals surface area contributed by atoms with Crippen LogP contribution in [0.15, 0.2) is 42.6 Å². The minimum absolute atomic E-state index is 0.758. The fourth-order valence-corrected chi connectivity index (χ4v) is 3.66. The SMILES string of the molecule is Cc1ccc(C)n2nc(CCc3nc4c5cccnc5ccc4n3C)nc12. The van der Waals surface area contributed by atoms with Gasteiger partial charge in [-0.05, 0) is 49.7 Å². The molecule has 0 radical (unpaired) electrons. The van der Waals surface area contributed by atoms with E-state index in [9.17, 15) is 0 Å². The number of pyridine rings is 2. The summed E-state index contributed by atoms with van der Waals surface area (Å²) in [6, 6.07) is 12.4. The van der Waals surface area contributed by atoms with E-state index in [1.807, 2.05) is 16.8 Å². The molecule has 0 aliphatic rings. The largest absolute Gasteiger partial charge is 0.331 e. The van der Waals surface area contributed by atoms with Gasteiger partial charge in [-0.3, -0.25) is 4.98 Å². The van der Waals surface area contributed by atoms with Crippen LogP contribution in [0, 0.1) is 13.8 Å². The molecule has 0 aliphatic carbocycles. The quantitative estimate of drug-likeness (QED) is 0.496. The van der Waals surface area contributed by atoms with Gasteiger partial charge in [-0.25, -0.2) is 14.5 Å². The lowest BCUT2D eigenvalue weighted by Crippen LogP contribution is -2.02. The number of aryl methyl sites for hydroxylation is 5. The third-order valence-electron chi connectivity index (χ3n) is 5.21. The van der Waals surface area contributed by atoms with E-state index in [4.69, 9.17) is 9.97 Å². The second kappa shape index (κ2) is 5.87. The van der Waals surface area contributed by atoms with Gasteiger partial charge >= 0.3 is 0 Å². The van der Waals surface area contributed by atoms with E-state index >= 15 is 0 Å². The number of fused-ring (bicyclic) bond motifs is 4. The van der Waals surface area contributed by atoms with Gasteiger partial charge in [0.1, 0.15) is 5.82 Å². The molecule has 5 rings (SSSR count). The first-order chi connectivity index (χ1) is 13.1. The van der Waals surface area contributed by atoms with Crippen LogP contribution in [-0.4, -0.2) is 29.1 Å². The van der Waals surface area contributed by atoms with E-state index in [0.29, 0.717) is 0 Å². The van der Waals surface area contributed by atoms with Crippen LogP contribution >= 0.6 is 0 Å². The fourth-order valence-electron chi connectivity index (χ4n) is 3.66. The molecule has 0 aliphatic heterocycles. The van der Waals surface area contributed by atoms with Crippen LogP contribution < -0.4 is 0 Å². The third kappa shape index (κ3) is 2.48. The first kappa shape index (κ1) is 15.9. The molecule has 6 nitrogen and oxygen atoms in total. The van der Waals surface area contributed by atoms with Gasteiger partial charge in [0.2, 0.25) is 0 Å². The minimum Gasteiger partial charge on any atom is -0.331 e. The topological polar surface area (TPSA) is 60.9 Å². The monoisotopic (exact) mass is 356 g/mol. The first-order valence-corrected chi connectivity index (χ1v) is 9.13. The van der Waals surface area contributed by atoms with Crippen LogP contribution in [0.2, 0.25) is 0 Å². The maximum atomic E-state index is 4.91. The normalized spacial score (nSPS) is 11.8. The van der Waals surface area contributed by atoms with Gasteiger partial charge in [-0.1, -0.05) is 6.07 Å². The van der Waals surface area contributed by atoms with Crippen molar-refractivity contribution in [3.05, 3.63) is 65.5 Å². The van der Waals surface area contributed by atoms with Gasteiger partial charge < -0.3 is 4.57 Å². The average molecular weight is 356 g/mol. The van der Waals surface area contributed by atoms with Gasteiger partial charge in [0.25, 0.3) is 0 Å². The Morgan fingerprint density at radius 3 is 2.70 bits per heavy atom. The zero-order valence-corrected chi connectivity index (χ0v) is 15.6. The molecule has 27 heavy (non-hydrogen) atoms. The van der Waals surface area contributed by atoms with E-state index in [1.165, 1.54) is 0 Å². The number of benzene rings is 1. The molecule has 0 bridgehead atoms. The molecule has 134 valence electrons. The molecule has 0 atom stereocenters. The smallest absolute Gasteiger partial charge is 0.158 e. The van der Waals surface area contributed by atoms with Crippen molar-refractivity contribution in [1.82, 2.24) is 29.1 Å². The second-order valence-electron chi connectivity index (χ2n) is 7.01. The number of rotatable bonds is 3. The molecule has 0 saturated heterocycles. The van der Waals surface area contributed by atoms with Gasteiger partial charge in [0, 0.05) is 37.2 Å². The van der Waals surface area contributed by atoms with E-state index in [0.717, 1.165) is 63.3 Å². The van der Waals surface area contributed by atoms with Crippen LogP contribution in [0.5, 0.6) is 0 Å². The maximum Gasteiger partial charge on any atom is 0.158 e. The highest BCUT2D eigenvalue weighted by Crippen LogP contribution is 2.24. The Hall–Kier alpha value is -3.28. The van der Waals surface area contributed by atoms with Crippen LogP contribution in [0.4, 0.5) is 0 Å². The molecule has 4 heterocycles. The number of imidazole rings is 1. The van der Waals surface area contributed by atoms with Crippen molar-refractivity contribution in [2.45, 2.75) is 26.7 Å². The van der Waals surface area contributed by atoms with Crippen LogP contribution in [0.1, 0.15) is 22.9 Å². The lowest BCUT2D eigenvalue weighted by atomic mass is 10.2. The molecule has 0 fully saturated rings. The molecule has 0 spiro atoms. The summed E-state index contributed by atoms with van der Waals surface area (Å²) in [7, 11) is 2.07. The highest BCUT2D eigenvalue weighted by Gasteiger charge is 2.13. The molecule has 0 unspecified atom stereocenters. The zero-order valence-electron chi connectivity index (χ0n) is 15.6. The van der Waals surface area contributed by atoms with Crippen molar-refractivity contribution < 1.29 is 0 Å². The molecular weight excluding hydrogens is 336 g/mol. The van der Waals surface area contributed by atoms with Crippen molar-refractivity contribution in [2.24, 2.45) is 7.05 Å². The lowest BCUT2D eigenvalue weighted by Gasteiger charge is -2.01. The van der Waals surface area contributed by atoms with Crippen molar-refractivity contribution in [3.8, 4) is 0 Å². The highest BCUT2D eigenvalue weighted by atomic mass is 15.3. The zero-order chi connectivity index (χ0) is 18.5. The van der Waals surface area contributed by atoms with Gasteiger partial charge in [0.15, 0.2) is 11.5 Å². The summed E-state index contributed by atoms with van der Waals surface area (Å²) in [4.78, 5) is 14.1. The van der Waals surface area contributed by atoms with Crippen molar-refractivity contribution in [3.63, 3.8) is 0 Å². The Morgan fingerprint density at radius 2 is 1.85 bits per heavy atom. The summed E-state index contributed by atoms with van der Waals surface area (Å²) < 4.78 is 4.09. The van der Waals surface area contributed by atoms with Crippen molar-refractivity contribution in [1.29, 1.82) is 0 Å². The molecule has 0 saturated carbocycles. The molecule has 6 heteroatoms. The summed E-state index contributed by atoms with van der Waals surface area (Å²) in [5.41, 5.74) is 6.28. The summed E-state index contributed by atoms with van der Waals surface area (Å²) in [5, 5.41) is 5.77. The van der Waals surface area contributed by atoms with E-state index in [-0.39, 0.29) is 0 Å². The summed E-state index contributed by atoms with van der Waals surface area (Å²) >= 11 is 0. The summed E-state index contributed by atoms with van der Waals surface area (Å²) in [6.45, 7) is 4.12.